The Morgan fingerprint density at radius 2 is 1.84 bits per heavy atom. The van der Waals surface area contributed by atoms with Crippen molar-refractivity contribution in [2.24, 2.45) is 5.92 Å². The monoisotopic (exact) mass is 472 g/mol. The van der Waals surface area contributed by atoms with Gasteiger partial charge in [0.25, 0.3) is 0 Å². The zero-order valence-corrected chi connectivity index (χ0v) is 19.0. The molecule has 0 spiro atoms. The Balaban J connectivity index is 1.45. The van der Waals surface area contributed by atoms with Crippen LogP contribution in [-0.2, 0) is 21.1 Å². The summed E-state index contributed by atoms with van der Waals surface area (Å²) in [6, 6.07) is 10.4. The van der Waals surface area contributed by atoms with Gasteiger partial charge in [-0.15, -0.1) is 0 Å². The third kappa shape index (κ3) is 4.59. The highest BCUT2D eigenvalue weighted by Gasteiger charge is 2.44. The topological polar surface area (TPSA) is 77.0 Å². The molecule has 5 nitrogen and oxygen atoms in total. The SMILES string of the molecule is Cc1ccc(-c2cc(CCC(=O)[C@@H]3CC[C@@H]3S(=O)(=O)c3ccc(F)cc3)c(Cl)cn2)cn1. The number of ketones is 1. The van der Waals surface area contributed by atoms with Crippen molar-refractivity contribution in [3.8, 4) is 11.3 Å². The van der Waals surface area contributed by atoms with E-state index in [0.717, 1.165) is 29.0 Å². The van der Waals surface area contributed by atoms with Gasteiger partial charge in [-0.05, 0) is 74.2 Å². The molecule has 0 aliphatic heterocycles. The second-order valence-electron chi connectivity index (χ2n) is 8.04. The summed E-state index contributed by atoms with van der Waals surface area (Å²) >= 11 is 6.30. The van der Waals surface area contributed by atoms with Crippen LogP contribution >= 0.6 is 11.6 Å². The molecule has 166 valence electrons. The first-order chi connectivity index (χ1) is 15.3. The maximum atomic E-state index is 13.2. The molecule has 3 aromatic rings. The Labute approximate surface area is 191 Å². The number of carbonyl (C=O) groups is 1. The van der Waals surface area contributed by atoms with Gasteiger partial charge in [-0.2, -0.15) is 0 Å². The predicted octanol–water partition coefficient (Wildman–Crippen LogP) is 5.00. The molecule has 0 radical (unpaired) electrons. The lowest BCUT2D eigenvalue weighted by Crippen LogP contribution is -2.43. The summed E-state index contributed by atoms with van der Waals surface area (Å²) in [6.07, 6.45) is 4.84. The van der Waals surface area contributed by atoms with E-state index in [2.05, 4.69) is 9.97 Å². The van der Waals surface area contributed by atoms with Gasteiger partial charge in [0.1, 0.15) is 11.6 Å². The third-order valence-electron chi connectivity index (χ3n) is 5.95. The van der Waals surface area contributed by atoms with Crippen molar-refractivity contribution in [2.75, 3.05) is 0 Å². The second kappa shape index (κ2) is 9.08. The summed E-state index contributed by atoms with van der Waals surface area (Å²) < 4.78 is 38.9. The number of Topliss-reactive ketones (excluding diaryl/α,β-unsaturated/α-hetero) is 1. The number of hydrogen-bond donors (Lipinski definition) is 0. The number of nitrogens with zero attached hydrogens (tertiary/aromatic N) is 2. The molecule has 0 unspecified atom stereocenters. The van der Waals surface area contributed by atoms with E-state index in [1.165, 1.54) is 12.1 Å². The van der Waals surface area contributed by atoms with Crippen LogP contribution in [0.1, 0.15) is 30.5 Å². The smallest absolute Gasteiger partial charge is 0.181 e. The highest BCUT2D eigenvalue weighted by Crippen LogP contribution is 2.38. The molecule has 1 saturated carbocycles. The number of halogens is 2. The van der Waals surface area contributed by atoms with Crippen molar-refractivity contribution in [3.05, 3.63) is 77.0 Å². The summed E-state index contributed by atoms with van der Waals surface area (Å²) in [5.74, 6) is -1.15. The highest BCUT2D eigenvalue weighted by atomic mass is 35.5. The van der Waals surface area contributed by atoms with Crippen molar-refractivity contribution in [1.29, 1.82) is 0 Å². The van der Waals surface area contributed by atoms with Crippen molar-refractivity contribution >= 4 is 27.2 Å². The minimum atomic E-state index is -3.68. The summed E-state index contributed by atoms with van der Waals surface area (Å²) in [4.78, 5) is 21.5. The first-order valence-electron chi connectivity index (χ1n) is 10.4. The average Bonchev–Trinajstić information content (AvgIpc) is 2.73. The van der Waals surface area contributed by atoms with Crippen LogP contribution in [0.15, 0.2) is 59.8 Å². The molecule has 2 atom stereocenters. The van der Waals surface area contributed by atoms with Crippen LogP contribution < -0.4 is 0 Å². The minimum absolute atomic E-state index is 0.0509. The fourth-order valence-electron chi connectivity index (χ4n) is 3.90. The van der Waals surface area contributed by atoms with Gasteiger partial charge in [0, 0.05) is 36.0 Å². The van der Waals surface area contributed by atoms with Gasteiger partial charge < -0.3 is 0 Å². The third-order valence-corrected chi connectivity index (χ3v) is 8.58. The van der Waals surface area contributed by atoms with E-state index in [4.69, 9.17) is 11.6 Å². The number of aromatic nitrogens is 2. The summed E-state index contributed by atoms with van der Waals surface area (Å²) in [5, 5.41) is -0.298. The molecule has 1 fully saturated rings. The van der Waals surface area contributed by atoms with Gasteiger partial charge in [-0.3, -0.25) is 14.8 Å². The molecule has 32 heavy (non-hydrogen) atoms. The van der Waals surface area contributed by atoms with E-state index in [-0.39, 0.29) is 17.1 Å². The van der Waals surface area contributed by atoms with Crippen molar-refractivity contribution in [3.63, 3.8) is 0 Å². The fourth-order valence-corrected chi connectivity index (χ4v) is 6.13. The van der Waals surface area contributed by atoms with Crippen LogP contribution in [0.3, 0.4) is 0 Å². The number of carbonyl (C=O) groups excluding carboxylic acids is 1. The molecule has 0 bridgehead atoms. The summed E-state index contributed by atoms with van der Waals surface area (Å²) in [5.41, 5.74) is 3.25. The van der Waals surface area contributed by atoms with Gasteiger partial charge in [0.15, 0.2) is 9.84 Å². The zero-order valence-electron chi connectivity index (χ0n) is 17.5. The second-order valence-corrected chi connectivity index (χ2v) is 10.6. The Morgan fingerprint density at radius 1 is 1.09 bits per heavy atom. The van der Waals surface area contributed by atoms with E-state index in [9.17, 15) is 17.6 Å². The maximum absolute atomic E-state index is 13.2. The number of sulfone groups is 1. The number of hydrogen-bond acceptors (Lipinski definition) is 5. The molecule has 8 heteroatoms. The zero-order chi connectivity index (χ0) is 22.9. The molecule has 2 aromatic heterocycles. The Kier molecular flexibility index (Phi) is 6.40. The van der Waals surface area contributed by atoms with Crippen LogP contribution in [0, 0.1) is 18.7 Å². The van der Waals surface area contributed by atoms with Gasteiger partial charge in [-0.1, -0.05) is 11.6 Å². The molecule has 0 saturated heterocycles. The Bertz CT molecular complexity index is 1250. The molecule has 0 amide bonds. The standard InChI is InChI=1S/C24H22ClFN2O3S/c1-15-2-3-17(13-27-15)22-12-16(21(25)14-28-22)4-10-23(29)20-9-11-24(20)32(30,31)19-7-5-18(26)6-8-19/h2-3,5-8,12-14,20,24H,4,9-11H2,1H3/t20-,24-/m0/s1. The normalized spacial score (nSPS) is 18.2. The molecule has 2 heterocycles. The predicted molar refractivity (Wildman–Crippen MR) is 121 cm³/mol. The fraction of sp³-hybridized carbons (Fsp3) is 0.292. The van der Waals surface area contributed by atoms with E-state index in [1.807, 2.05) is 25.1 Å². The lowest BCUT2D eigenvalue weighted by atomic mass is 9.80. The lowest BCUT2D eigenvalue weighted by molar-refractivity contribution is -0.124. The molecular formula is C24H22ClFN2O3S. The Morgan fingerprint density at radius 3 is 2.47 bits per heavy atom. The van der Waals surface area contributed by atoms with E-state index < -0.39 is 26.8 Å². The van der Waals surface area contributed by atoms with Crippen LogP contribution in [-0.4, -0.2) is 29.4 Å². The van der Waals surface area contributed by atoms with Gasteiger partial charge in [-0.25, -0.2) is 12.8 Å². The van der Waals surface area contributed by atoms with Crippen molar-refractivity contribution < 1.29 is 17.6 Å². The first-order valence-corrected chi connectivity index (χ1v) is 12.3. The number of pyridine rings is 2. The minimum Gasteiger partial charge on any atom is -0.299 e. The van der Waals surface area contributed by atoms with Gasteiger partial charge in [0.05, 0.1) is 20.9 Å². The van der Waals surface area contributed by atoms with Crippen molar-refractivity contribution in [2.45, 2.75) is 42.8 Å². The van der Waals surface area contributed by atoms with Crippen LogP contribution in [0.25, 0.3) is 11.3 Å². The van der Waals surface area contributed by atoms with Gasteiger partial charge in [0.2, 0.25) is 0 Å². The van der Waals surface area contributed by atoms with E-state index in [0.29, 0.717) is 30.0 Å². The molecular weight excluding hydrogens is 451 g/mol. The quantitative estimate of drug-likeness (QED) is 0.452. The lowest BCUT2D eigenvalue weighted by Gasteiger charge is -2.35. The molecule has 0 N–H and O–H groups in total. The van der Waals surface area contributed by atoms with Gasteiger partial charge >= 0.3 is 0 Å². The number of rotatable bonds is 7. The largest absolute Gasteiger partial charge is 0.299 e. The molecule has 1 aliphatic carbocycles. The Hall–Kier alpha value is -2.64. The van der Waals surface area contributed by atoms with Crippen LogP contribution in [0.4, 0.5) is 4.39 Å². The van der Waals surface area contributed by atoms with Crippen molar-refractivity contribution in [1.82, 2.24) is 9.97 Å². The summed E-state index contributed by atoms with van der Waals surface area (Å²) in [6.45, 7) is 1.90. The maximum Gasteiger partial charge on any atom is 0.181 e. The summed E-state index contributed by atoms with van der Waals surface area (Å²) in [7, 11) is -3.68. The number of benzene rings is 1. The number of aryl methyl sites for hydroxylation is 2. The first kappa shape index (κ1) is 22.6. The molecule has 1 aliphatic rings. The average molecular weight is 473 g/mol. The molecule has 1 aromatic carbocycles. The van der Waals surface area contributed by atoms with E-state index in [1.54, 1.807) is 12.4 Å². The highest BCUT2D eigenvalue weighted by molar-refractivity contribution is 7.92. The van der Waals surface area contributed by atoms with Crippen LogP contribution in [0.5, 0.6) is 0 Å². The van der Waals surface area contributed by atoms with E-state index >= 15 is 0 Å². The van der Waals surface area contributed by atoms with Crippen LogP contribution in [0.2, 0.25) is 5.02 Å². The molecule has 4 rings (SSSR count).